The smallest absolute Gasteiger partial charge is 0.134 e. The van der Waals surface area contributed by atoms with Crippen LogP contribution in [0.5, 0.6) is 5.75 Å². The Balaban J connectivity index is 0.926. The number of hydrogen-bond donors (Lipinski definition) is 1. The topological polar surface area (TPSA) is 71.3 Å². The molecule has 0 spiro atoms. The highest BCUT2D eigenvalue weighted by molar-refractivity contribution is 5.78. The van der Waals surface area contributed by atoms with E-state index in [0.29, 0.717) is 59.5 Å². The number of nitrogens with one attached hydrogen (secondary N) is 1. The number of para-hydroxylation sites is 1. The third-order valence-corrected chi connectivity index (χ3v) is 6.52. The minimum atomic E-state index is -0.211. The molecule has 8 heteroatoms. The molecule has 226 valence electrons. The molecule has 0 saturated heterocycles. The monoisotopic (exact) mass is 579 g/mol. The van der Waals surface area contributed by atoms with Crippen molar-refractivity contribution in [3.63, 3.8) is 0 Å². The second-order valence-electron chi connectivity index (χ2n) is 9.85. The van der Waals surface area contributed by atoms with Gasteiger partial charge in [-0.15, -0.1) is 0 Å². The fraction of sp³-hybridized carbons (Fsp3) is 0.412. The largest absolute Gasteiger partial charge is 0.494 e. The van der Waals surface area contributed by atoms with Crippen molar-refractivity contribution in [2.45, 2.75) is 25.8 Å². The molecular formula is C34H42FNO6. The van der Waals surface area contributed by atoms with Crippen LogP contribution >= 0.6 is 0 Å². The van der Waals surface area contributed by atoms with Gasteiger partial charge >= 0.3 is 0 Å². The van der Waals surface area contributed by atoms with Crippen molar-refractivity contribution in [3.05, 3.63) is 102 Å². The highest BCUT2D eigenvalue weighted by atomic mass is 19.1. The van der Waals surface area contributed by atoms with Crippen LogP contribution < -0.4 is 10.1 Å². The van der Waals surface area contributed by atoms with E-state index < -0.39 is 0 Å². The van der Waals surface area contributed by atoms with Gasteiger partial charge in [0.25, 0.3) is 0 Å². The molecule has 0 amide bonds. The van der Waals surface area contributed by atoms with E-state index >= 15 is 0 Å². The number of ether oxygens (including phenoxy) is 5. The lowest BCUT2D eigenvalue weighted by Gasteiger charge is -2.08. The third-order valence-electron chi connectivity index (χ3n) is 6.52. The first-order valence-corrected chi connectivity index (χ1v) is 14.7. The van der Waals surface area contributed by atoms with Crippen LogP contribution in [0.25, 0.3) is 11.0 Å². The van der Waals surface area contributed by atoms with Gasteiger partial charge in [-0.25, -0.2) is 4.39 Å². The lowest BCUT2D eigenvalue weighted by Crippen LogP contribution is -2.20. The van der Waals surface area contributed by atoms with Gasteiger partial charge in [0.15, 0.2) is 0 Å². The molecule has 3 aromatic carbocycles. The number of fused-ring (bicyclic) bond motifs is 1. The number of furan rings is 1. The molecule has 0 bridgehead atoms. The normalized spacial score (nSPS) is 11.4. The van der Waals surface area contributed by atoms with Gasteiger partial charge in [-0.1, -0.05) is 42.5 Å². The average Bonchev–Trinajstić information content (AvgIpc) is 3.43. The van der Waals surface area contributed by atoms with Crippen molar-refractivity contribution in [2.75, 3.05) is 66.0 Å². The molecule has 0 unspecified atom stereocenters. The van der Waals surface area contributed by atoms with Crippen molar-refractivity contribution in [1.29, 1.82) is 0 Å². The Morgan fingerprint density at radius 1 is 0.619 bits per heavy atom. The van der Waals surface area contributed by atoms with Gasteiger partial charge in [0.1, 0.15) is 22.9 Å². The molecule has 1 N–H and O–H groups in total. The summed E-state index contributed by atoms with van der Waals surface area (Å²) in [5.74, 6) is 1.61. The average molecular weight is 580 g/mol. The number of rotatable bonds is 22. The second kappa shape index (κ2) is 19.0. The zero-order valence-electron chi connectivity index (χ0n) is 24.2. The van der Waals surface area contributed by atoms with Crippen LogP contribution in [0.3, 0.4) is 0 Å². The van der Waals surface area contributed by atoms with Crippen LogP contribution in [-0.2, 0) is 38.3 Å². The van der Waals surface area contributed by atoms with E-state index in [1.54, 1.807) is 0 Å². The summed E-state index contributed by atoms with van der Waals surface area (Å²) >= 11 is 0. The maximum atomic E-state index is 13.1. The van der Waals surface area contributed by atoms with Crippen LogP contribution in [0, 0.1) is 5.82 Å². The van der Waals surface area contributed by atoms with Crippen molar-refractivity contribution >= 4 is 11.0 Å². The predicted molar refractivity (Wildman–Crippen MR) is 162 cm³/mol. The Kier molecular flexibility index (Phi) is 14.3. The summed E-state index contributed by atoms with van der Waals surface area (Å²) in [6.45, 7) is 6.69. The zero-order valence-corrected chi connectivity index (χ0v) is 24.2. The van der Waals surface area contributed by atoms with Crippen molar-refractivity contribution in [3.8, 4) is 5.75 Å². The molecule has 4 rings (SSSR count). The number of aryl methyl sites for hydroxylation is 2. The summed E-state index contributed by atoms with van der Waals surface area (Å²) in [5, 5.41) is 4.49. The fourth-order valence-corrected chi connectivity index (χ4v) is 4.29. The Morgan fingerprint density at radius 2 is 1.29 bits per heavy atom. The molecule has 0 aliphatic rings. The highest BCUT2D eigenvalue weighted by Crippen LogP contribution is 2.22. The molecule has 0 aliphatic carbocycles. The van der Waals surface area contributed by atoms with E-state index in [2.05, 4.69) is 29.6 Å². The molecule has 42 heavy (non-hydrogen) atoms. The van der Waals surface area contributed by atoms with Crippen molar-refractivity contribution in [2.24, 2.45) is 0 Å². The van der Waals surface area contributed by atoms with Crippen molar-refractivity contribution in [1.82, 2.24) is 5.32 Å². The van der Waals surface area contributed by atoms with Gasteiger partial charge in [-0.05, 0) is 53.9 Å². The van der Waals surface area contributed by atoms with Crippen LogP contribution in [0.2, 0.25) is 0 Å². The molecule has 4 aromatic rings. The Bertz CT molecular complexity index is 1260. The number of hydrogen-bond acceptors (Lipinski definition) is 7. The van der Waals surface area contributed by atoms with E-state index in [9.17, 15) is 4.39 Å². The molecular weight excluding hydrogens is 537 g/mol. The predicted octanol–water partition coefficient (Wildman–Crippen LogP) is 5.98. The minimum absolute atomic E-state index is 0.211. The Labute approximate surface area is 247 Å². The summed E-state index contributed by atoms with van der Waals surface area (Å²) in [7, 11) is 0. The van der Waals surface area contributed by atoms with Crippen LogP contribution in [-0.4, -0.2) is 66.0 Å². The maximum absolute atomic E-state index is 13.1. The van der Waals surface area contributed by atoms with Gasteiger partial charge < -0.3 is 33.4 Å². The highest BCUT2D eigenvalue weighted by Gasteiger charge is 2.06. The number of halogens is 1. The van der Waals surface area contributed by atoms with Gasteiger partial charge in [-0.2, -0.15) is 0 Å². The Morgan fingerprint density at radius 3 is 2.02 bits per heavy atom. The standard InChI is InChI=1S/C34H42FNO6/c35-31-12-8-28(9-13-31)10-14-33-26-30-11-7-29(25-34(30)42-33)27-36-15-18-38-20-22-40-24-23-39-21-19-37-16-4-17-41-32-5-2-1-3-6-32/h1-3,5-9,11-13,25-26,36H,4,10,14-24,27H2. The lowest BCUT2D eigenvalue weighted by atomic mass is 10.1. The molecule has 0 aliphatic heterocycles. The van der Waals surface area contributed by atoms with E-state index in [0.717, 1.165) is 66.0 Å². The van der Waals surface area contributed by atoms with Gasteiger partial charge in [0.05, 0.1) is 52.9 Å². The fourth-order valence-electron chi connectivity index (χ4n) is 4.29. The van der Waals surface area contributed by atoms with Gasteiger partial charge in [0.2, 0.25) is 0 Å². The zero-order chi connectivity index (χ0) is 29.1. The first kappa shape index (κ1) is 31.7. The molecule has 0 fully saturated rings. The van der Waals surface area contributed by atoms with Crippen LogP contribution in [0.15, 0.2) is 83.3 Å². The summed E-state index contributed by atoms with van der Waals surface area (Å²) in [6, 6.07) is 24.8. The summed E-state index contributed by atoms with van der Waals surface area (Å²) in [6.07, 6.45) is 2.44. The van der Waals surface area contributed by atoms with Gasteiger partial charge in [0, 0.05) is 37.9 Å². The summed E-state index contributed by atoms with van der Waals surface area (Å²) in [5.41, 5.74) is 3.14. The molecule has 1 aromatic heterocycles. The van der Waals surface area contributed by atoms with E-state index in [-0.39, 0.29) is 5.82 Å². The quantitative estimate of drug-likeness (QED) is 0.115. The van der Waals surface area contributed by atoms with Crippen molar-refractivity contribution < 1.29 is 32.5 Å². The van der Waals surface area contributed by atoms with E-state index in [1.165, 1.54) is 12.1 Å². The number of benzene rings is 3. The van der Waals surface area contributed by atoms with Crippen LogP contribution in [0.4, 0.5) is 4.39 Å². The minimum Gasteiger partial charge on any atom is -0.494 e. The van der Waals surface area contributed by atoms with Crippen LogP contribution in [0.1, 0.15) is 23.3 Å². The van der Waals surface area contributed by atoms with E-state index in [1.807, 2.05) is 42.5 Å². The Hall–Kier alpha value is -3.27. The SMILES string of the molecule is Fc1ccc(CCc2cc3ccc(CNCCOCCOCCOCCOCCCOc4ccccc4)cc3o2)cc1. The lowest BCUT2D eigenvalue weighted by molar-refractivity contribution is -0.00240. The molecule has 7 nitrogen and oxygen atoms in total. The maximum Gasteiger partial charge on any atom is 0.134 e. The first-order valence-electron chi connectivity index (χ1n) is 14.7. The van der Waals surface area contributed by atoms with Gasteiger partial charge in [-0.3, -0.25) is 0 Å². The summed E-state index contributed by atoms with van der Waals surface area (Å²) in [4.78, 5) is 0. The second-order valence-corrected chi connectivity index (χ2v) is 9.85. The molecule has 0 atom stereocenters. The van der Waals surface area contributed by atoms with E-state index in [4.69, 9.17) is 28.1 Å². The molecule has 0 radical (unpaired) electrons. The third kappa shape index (κ3) is 12.3. The summed E-state index contributed by atoms with van der Waals surface area (Å²) < 4.78 is 47.0. The molecule has 0 saturated carbocycles. The first-order chi connectivity index (χ1) is 20.8. The molecule has 1 heterocycles.